The van der Waals surface area contributed by atoms with E-state index in [1.54, 1.807) is 0 Å². The molecule has 19 nitrogen and oxygen atoms in total. The molecule has 0 saturated carbocycles. The molecule has 0 radical (unpaired) electrons. The molecule has 3 fully saturated rings. The van der Waals surface area contributed by atoms with Crippen LogP contribution in [0, 0.1) is 0 Å². The molecule has 3 rings (SSSR count). The fourth-order valence-corrected chi connectivity index (χ4v) is 13.3. The van der Waals surface area contributed by atoms with Crippen LogP contribution < -0.4 is 5.32 Å². The smallest absolute Gasteiger partial charge is 0.220 e. The second-order valence-corrected chi connectivity index (χ2v) is 27.8. The number of unbranched alkanes of at least 4 members (excludes halogenated alkanes) is 41. The van der Waals surface area contributed by atoms with Crippen molar-refractivity contribution in [3.05, 3.63) is 24.3 Å². The van der Waals surface area contributed by atoms with E-state index in [2.05, 4.69) is 43.5 Å². The van der Waals surface area contributed by atoms with E-state index in [1.807, 2.05) is 0 Å². The van der Waals surface area contributed by atoms with Gasteiger partial charge in [-0.3, -0.25) is 4.79 Å². The first kappa shape index (κ1) is 86.5. The number of amides is 1. The quantitative estimate of drug-likeness (QED) is 0.0199. The van der Waals surface area contributed by atoms with Gasteiger partial charge < -0.3 is 89.9 Å². The lowest BCUT2D eigenvalue weighted by atomic mass is 9.96. The predicted octanol–water partition coefficient (Wildman–Crippen LogP) is 11.8. The van der Waals surface area contributed by atoms with Crippen LogP contribution in [0.5, 0.6) is 0 Å². The van der Waals surface area contributed by atoms with Crippen molar-refractivity contribution < 1.29 is 89.4 Å². The maximum atomic E-state index is 13.4. The number of ether oxygens (including phenoxy) is 6. The maximum Gasteiger partial charge on any atom is 0.220 e. The van der Waals surface area contributed by atoms with Gasteiger partial charge in [0.05, 0.1) is 38.6 Å². The Labute approximate surface area is 568 Å². The molecule has 0 aromatic carbocycles. The number of carbonyl (C=O) groups excluding carboxylic acids is 1. The van der Waals surface area contributed by atoms with Gasteiger partial charge in [0.25, 0.3) is 0 Å². The van der Waals surface area contributed by atoms with Gasteiger partial charge >= 0.3 is 0 Å². The average Bonchev–Trinajstić information content (AvgIpc) is 0.834. The van der Waals surface area contributed by atoms with Crippen molar-refractivity contribution in [3.8, 4) is 0 Å². The zero-order valence-corrected chi connectivity index (χ0v) is 59.0. The lowest BCUT2D eigenvalue weighted by Gasteiger charge is -2.48. The van der Waals surface area contributed by atoms with Crippen LogP contribution in [-0.2, 0) is 33.2 Å². The second-order valence-electron chi connectivity index (χ2n) is 27.8. The van der Waals surface area contributed by atoms with Crippen LogP contribution in [0.2, 0.25) is 0 Å². The zero-order valence-electron chi connectivity index (χ0n) is 59.0. The van der Waals surface area contributed by atoms with E-state index >= 15 is 0 Å². The van der Waals surface area contributed by atoms with Gasteiger partial charge in [0, 0.05) is 6.42 Å². The van der Waals surface area contributed by atoms with Crippen molar-refractivity contribution in [1.82, 2.24) is 5.32 Å². The van der Waals surface area contributed by atoms with E-state index in [0.717, 1.165) is 51.4 Å². The zero-order chi connectivity index (χ0) is 68.2. The van der Waals surface area contributed by atoms with Crippen molar-refractivity contribution in [3.63, 3.8) is 0 Å². The molecular formula is C75H141NO18. The second kappa shape index (κ2) is 57.0. The molecule has 3 aliphatic rings. The van der Waals surface area contributed by atoms with Crippen LogP contribution in [0.3, 0.4) is 0 Å². The lowest BCUT2D eigenvalue weighted by molar-refractivity contribution is -0.379. The molecule has 1 amide bonds. The van der Waals surface area contributed by atoms with Gasteiger partial charge in [-0.25, -0.2) is 0 Å². The van der Waals surface area contributed by atoms with Gasteiger partial charge in [-0.1, -0.05) is 289 Å². The van der Waals surface area contributed by atoms with Gasteiger partial charge in [-0.15, -0.1) is 0 Å². The van der Waals surface area contributed by atoms with Crippen LogP contribution >= 0.6 is 0 Å². The van der Waals surface area contributed by atoms with Gasteiger partial charge in [0.15, 0.2) is 18.9 Å². The van der Waals surface area contributed by atoms with Crippen molar-refractivity contribution in [1.29, 1.82) is 0 Å². The fraction of sp³-hybridized carbons (Fsp3) is 0.933. The summed E-state index contributed by atoms with van der Waals surface area (Å²) < 4.78 is 34.3. The lowest BCUT2D eigenvalue weighted by Crippen LogP contribution is -2.66. The highest BCUT2D eigenvalue weighted by molar-refractivity contribution is 5.76. The summed E-state index contributed by atoms with van der Waals surface area (Å²) in [5.41, 5.74) is 0. The first-order chi connectivity index (χ1) is 45.8. The third-order valence-electron chi connectivity index (χ3n) is 19.5. The Bertz CT molecular complexity index is 1800. The van der Waals surface area contributed by atoms with Gasteiger partial charge in [0.1, 0.15) is 73.2 Å². The molecule has 3 aliphatic heterocycles. The number of aliphatic hydroxyl groups is 11. The summed E-state index contributed by atoms with van der Waals surface area (Å²) in [4.78, 5) is 13.4. The molecule has 17 atom stereocenters. The summed E-state index contributed by atoms with van der Waals surface area (Å²) in [5.74, 6) is -0.240. The number of carbonyl (C=O) groups is 1. The number of allylic oxidation sites excluding steroid dienone is 4. The summed E-state index contributed by atoms with van der Waals surface area (Å²) in [5, 5.41) is 120. The highest BCUT2D eigenvalue weighted by Crippen LogP contribution is 2.33. The molecule has 0 spiro atoms. The van der Waals surface area contributed by atoms with E-state index < -0.39 is 124 Å². The highest BCUT2D eigenvalue weighted by Gasteiger charge is 2.53. The first-order valence-corrected chi connectivity index (χ1v) is 38.6. The van der Waals surface area contributed by atoms with E-state index in [9.17, 15) is 61.0 Å². The normalized spacial score (nSPS) is 27.4. The van der Waals surface area contributed by atoms with Crippen LogP contribution in [-0.4, -0.2) is 193 Å². The van der Waals surface area contributed by atoms with Crippen LogP contribution in [0.4, 0.5) is 0 Å². The summed E-state index contributed by atoms with van der Waals surface area (Å²) in [6.45, 7) is 1.76. The van der Waals surface area contributed by atoms with Crippen molar-refractivity contribution >= 4 is 5.91 Å². The molecular weight excluding hydrogens is 1200 g/mol. The average molecular weight is 1340 g/mol. The van der Waals surface area contributed by atoms with E-state index in [-0.39, 0.29) is 18.9 Å². The van der Waals surface area contributed by atoms with Crippen molar-refractivity contribution in [2.24, 2.45) is 0 Å². The summed E-state index contributed by atoms with van der Waals surface area (Å²) in [7, 11) is 0. The van der Waals surface area contributed by atoms with Crippen LogP contribution in [0.25, 0.3) is 0 Å². The molecule has 0 aliphatic carbocycles. The highest BCUT2D eigenvalue weighted by atomic mass is 16.8. The Morgan fingerprint density at radius 1 is 0.383 bits per heavy atom. The molecule has 0 bridgehead atoms. The Balaban J connectivity index is 1.22. The molecule has 0 aromatic rings. The van der Waals surface area contributed by atoms with Gasteiger partial charge in [-0.2, -0.15) is 0 Å². The molecule has 94 heavy (non-hydrogen) atoms. The van der Waals surface area contributed by atoms with E-state index in [4.69, 9.17) is 28.4 Å². The van der Waals surface area contributed by atoms with Crippen molar-refractivity contribution in [2.75, 3.05) is 26.4 Å². The Hall–Kier alpha value is -1.73. The Morgan fingerprint density at radius 3 is 1.09 bits per heavy atom. The van der Waals surface area contributed by atoms with Gasteiger partial charge in [0.2, 0.25) is 5.91 Å². The van der Waals surface area contributed by atoms with Crippen LogP contribution in [0.15, 0.2) is 24.3 Å². The number of hydrogen-bond donors (Lipinski definition) is 12. The maximum absolute atomic E-state index is 13.4. The third kappa shape index (κ3) is 37.6. The van der Waals surface area contributed by atoms with Gasteiger partial charge in [-0.05, 0) is 44.9 Å². The minimum Gasteiger partial charge on any atom is -0.394 e. The number of aliphatic hydroxyl groups excluding tert-OH is 11. The fourth-order valence-electron chi connectivity index (χ4n) is 13.3. The minimum absolute atomic E-state index is 0.240. The predicted molar refractivity (Wildman–Crippen MR) is 370 cm³/mol. The first-order valence-electron chi connectivity index (χ1n) is 38.6. The van der Waals surface area contributed by atoms with Crippen LogP contribution in [0.1, 0.15) is 316 Å². The largest absolute Gasteiger partial charge is 0.394 e. The standard InChI is InChI=1S/C75H141NO18/c1-3-5-7-9-11-13-14-15-16-17-18-19-20-21-22-23-24-25-26-27-28-29-30-31-32-33-34-35-36-37-38-39-40-41-42-43-44-45-47-49-51-53-63(81)76-58(59(80)52-50-48-46-12-10-8-6-4-2)57-89-73-69(87)66(84)71(61(55-78)91-73)94-75-70(88)67(85)72(62(56-79)92-75)93-74-68(86)65(83)64(82)60(54-77)90-74/h14-15,17-18,58-62,64-75,77-80,82-88H,3-13,16,19-57H2,1-2H3,(H,76,81)/b15-14-,18-17-. The molecule has 3 heterocycles. The number of rotatable bonds is 61. The Kier molecular flexibility index (Phi) is 52.4. The van der Waals surface area contributed by atoms with E-state index in [1.165, 1.54) is 231 Å². The SMILES string of the molecule is CCCCCCC/C=C\C/C=C\CCCCCCCCCCCCCCCCCCCCCCCCCCCCCCCC(=O)NC(COC1OC(CO)C(OC2OC(CO)C(OC3OC(CO)C(O)C(O)C3O)C(O)C2O)C(O)C1O)C(O)CCCCCCCCCC. The third-order valence-corrected chi connectivity index (χ3v) is 19.5. The number of hydrogen-bond acceptors (Lipinski definition) is 18. The Morgan fingerprint density at radius 2 is 0.702 bits per heavy atom. The summed E-state index contributed by atoms with van der Waals surface area (Å²) in [6, 6.07) is -0.881. The minimum atomic E-state index is -1.97. The molecule has 554 valence electrons. The molecule has 12 N–H and O–H groups in total. The van der Waals surface area contributed by atoms with Crippen molar-refractivity contribution in [2.45, 2.75) is 420 Å². The molecule has 17 unspecified atom stereocenters. The monoisotopic (exact) mass is 1340 g/mol. The summed E-state index contributed by atoms with van der Waals surface area (Å²) >= 11 is 0. The van der Waals surface area contributed by atoms with E-state index in [0.29, 0.717) is 12.8 Å². The molecule has 0 aromatic heterocycles. The molecule has 19 heteroatoms. The summed E-state index contributed by atoms with van der Waals surface area (Å²) in [6.07, 6.45) is 40.7. The number of nitrogens with one attached hydrogen (secondary N) is 1. The molecule has 3 saturated heterocycles. The topological polar surface area (TPSA) is 307 Å².